The van der Waals surface area contributed by atoms with Gasteiger partial charge < -0.3 is 15.4 Å². The van der Waals surface area contributed by atoms with Crippen LogP contribution in [0.25, 0.3) is 5.65 Å². The molecule has 1 unspecified atom stereocenters. The van der Waals surface area contributed by atoms with E-state index in [0.29, 0.717) is 22.4 Å². The van der Waals surface area contributed by atoms with Gasteiger partial charge >= 0.3 is 0 Å². The van der Waals surface area contributed by atoms with Gasteiger partial charge in [0.15, 0.2) is 17.2 Å². The van der Waals surface area contributed by atoms with Gasteiger partial charge in [0.05, 0.1) is 0 Å². The number of aromatic amines is 1. The van der Waals surface area contributed by atoms with Crippen LogP contribution < -0.4 is 5.32 Å². The molecule has 3 aromatic rings. The minimum absolute atomic E-state index is 0.139. The Morgan fingerprint density at radius 1 is 1.39 bits per heavy atom. The largest absolute Gasteiger partial charge is 0.384 e. The van der Waals surface area contributed by atoms with Crippen molar-refractivity contribution < 1.29 is 9.90 Å². The van der Waals surface area contributed by atoms with E-state index in [-0.39, 0.29) is 11.5 Å². The van der Waals surface area contributed by atoms with Gasteiger partial charge in [0.25, 0.3) is 5.91 Å². The first-order valence-corrected chi connectivity index (χ1v) is 7.38. The van der Waals surface area contributed by atoms with Crippen LogP contribution in [0.15, 0.2) is 10.2 Å². The number of aliphatic hydroxyl groups excluding tert-OH is 1. The van der Waals surface area contributed by atoms with E-state index in [4.69, 9.17) is 0 Å². The highest BCUT2D eigenvalue weighted by molar-refractivity contribution is 7.09. The monoisotopic (exact) mass is 335 g/mol. The second kappa shape index (κ2) is 5.81. The summed E-state index contributed by atoms with van der Waals surface area (Å²) in [6.07, 6.45) is -1.18. The number of nitrogens with one attached hydrogen (secondary N) is 2. The number of fused-ring (bicyclic) bond motifs is 1. The number of hydrogen-bond acceptors (Lipinski definition) is 9. The average molecular weight is 335 g/mol. The minimum Gasteiger partial charge on any atom is -0.384 e. The fraction of sp³-hybridized carbons (Fsp3) is 0.364. The molecule has 0 aliphatic heterocycles. The van der Waals surface area contributed by atoms with Gasteiger partial charge in [0, 0.05) is 11.5 Å². The number of carbonyl (C=O) groups is 1. The Morgan fingerprint density at radius 3 is 2.83 bits per heavy atom. The molecule has 0 saturated carbocycles. The summed E-state index contributed by atoms with van der Waals surface area (Å²) in [5.74, 6) is 0.763. The Balaban J connectivity index is 2.00. The molecule has 11 nitrogen and oxygen atoms in total. The molecule has 0 aliphatic carbocycles. The lowest BCUT2D eigenvalue weighted by atomic mass is 10.4. The van der Waals surface area contributed by atoms with Crippen LogP contribution in [0.3, 0.4) is 0 Å². The summed E-state index contributed by atoms with van der Waals surface area (Å²) in [5.41, 5.74) is 0.751. The number of amides is 1. The number of H-pyrrole nitrogens is 1. The van der Waals surface area contributed by atoms with Gasteiger partial charge in [-0.15, -0.1) is 25.1 Å². The molecule has 0 fully saturated rings. The second-order valence-corrected chi connectivity index (χ2v) is 5.47. The number of aromatic nitrogens is 6. The van der Waals surface area contributed by atoms with E-state index >= 15 is 0 Å². The number of aryl methyl sites for hydroxylation is 2. The van der Waals surface area contributed by atoms with Crippen molar-refractivity contribution >= 4 is 39.7 Å². The Morgan fingerprint density at radius 2 is 2.17 bits per heavy atom. The molecular formula is C11H13N9O2S. The zero-order valence-electron chi connectivity index (χ0n) is 12.5. The zero-order valence-corrected chi connectivity index (χ0v) is 13.3. The van der Waals surface area contributed by atoms with Crippen molar-refractivity contribution in [2.45, 2.75) is 26.9 Å². The van der Waals surface area contributed by atoms with Crippen molar-refractivity contribution in [3.8, 4) is 0 Å². The van der Waals surface area contributed by atoms with Crippen molar-refractivity contribution in [2.24, 2.45) is 10.2 Å². The van der Waals surface area contributed by atoms with Gasteiger partial charge in [-0.05, 0) is 20.8 Å². The molecule has 0 radical (unpaired) electrons. The fourth-order valence-electron chi connectivity index (χ4n) is 1.74. The summed E-state index contributed by atoms with van der Waals surface area (Å²) in [6, 6.07) is 0. The van der Waals surface area contributed by atoms with Crippen LogP contribution in [-0.4, -0.2) is 46.3 Å². The molecule has 120 valence electrons. The number of anilines is 1. The third kappa shape index (κ3) is 3.07. The Bertz CT molecular complexity index is 891. The Kier molecular flexibility index (Phi) is 3.83. The maximum absolute atomic E-state index is 11.7. The molecule has 0 aromatic carbocycles. The molecule has 1 amide bonds. The summed E-state index contributed by atoms with van der Waals surface area (Å²) >= 11 is 1.10. The highest BCUT2D eigenvalue weighted by atomic mass is 32.1. The van der Waals surface area contributed by atoms with Gasteiger partial charge in [-0.2, -0.15) is 4.37 Å². The molecule has 12 heteroatoms. The van der Waals surface area contributed by atoms with Gasteiger partial charge in [-0.25, -0.2) is 4.98 Å². The number of hydrogen-bond donors (Lipinski definition) is 3. The van der Waals surface area contributed by atoms with E-state index in [9.17, 15) is 9.90 Å². The van der Waals surface area contributed by atoms with Crippen LogP contribution >= 0.6 is 11.5 Å². The van der Waals surface area contributed by atoms with Crippen LogP contribution in [0.1, 0.15) is 18.6 Å². The van der Waals surface area contributed by atoms with Crippen LogP contribution in [0, 0.1) is 13.8 Å². The van der Waals surface area contributed by atoms with E-state index in [1.54, 1.807) is 13.8 Å². The average Bonchev–Trinajstić information content (AvgIpc) is 3.12. The Hall–Kier alpha value is -2.73. The van der Waals surface area contributed by atoms with Crippen molar-refractivity contribution in [3.05, 3.63) is 11.6 Å². The summed E-state index contributed by atoms with van der Waals surface area (Å²) in [7, 11) is 0. The minimum atomic E-state index is -1.18. The third-order valence-electron chi connectivity index (χ3n) is 2.76. The van der Waals surface area contributed by atoms with Crippen molar-refractivity contribution in [3.63, 3.8) is 0 Å². The first-order chi connectivity index (χ1) is 10.9. The van der Waals surface area contributed by atoms with Crippen LogP contribution in [-0.2, 0) is 4.79 Å². The van der Waals surface area contributed by atoms with Crippen LogP contribution in [0.2, 0.25) is 0 Å². The predicted molar refractivity (Wildman–Crippen MR) is 81.2 cm³/mol. The lowest BCUT2D eigenvalue weighted by Crippen LogP contribution is -2.24. The first kappa shape index (κ1) is 15.2. The molecule has 0 saturated heterocycles. The van der Waals surface area contributed by atoms with Crippen molar-refractivity contribution in [1.29, 1.82) is 0 Å². The molecule has 3 heterocycles. The van der Waals surface area contributed by atoms with Crippen molar-refractivity contribution in [2.75, 3.05) is 5.32 Å². The number of rotatable bonds is 4. The van der Waals surface area contributed by atoms with Gasteiger partial charge in [-0.3, -0.25) is 4.79 Å². The molecule has 3 rings (SSSR count). The molecular weight excluding hydrogens is 322 g/mol. The van der Waals surface area contributed by atoms with Gasteiger partial charge in [0.2, 0.25) is 5.13 Å². The number of aliphatic hydroxyl groups is 1. The molecule has 0 bridgehead atoms. The molecule has 0 spiro atoms. The van der Waals surface area contributed by atoms with E-state index in [0.717, 1.165) is 11.5 Å². The van der Waals surface area contributed by atoms with E-state index in [2.05, 4.69) is 40.1 Å². The second-order valence-electron chi connectivity index (χ2n) is 4.74. The normalized spacial score (nSPS) is 13.0. The molecule has 3 aromatic heterocycles. The fourth-order valence-corrected chi connectivity index (χ4v) is 2.24. The van der Waals surface area contributed by atoms with Crippen LogP contribution in [0.4, 0.5) is 16.6 Å². The topological polar surface area (TPSA) is 146 Å². The maximum Gasteiger partial charge on any atom is 0.254 e. The maximum atomic E-state index is 11.7. The number of carbonyl (C=O) groups excluding carboxylic acids is 1. The molecule has 3 N–H and O–H groups in total. The van der Waals surface area contributed by atoms with Gasteiger partial charge in [0.1, 0.15) is 17.8 Å². The van der Waals surface area contributed by atoms with E-state index in [1.807, 2.05) is 0 Å². The number of azo groups is 1. The summed E-state index contributed by atoms with van der Waals surface area (Å²) in [4.78, 5) is 18.7. The summed E-state index contributed by atoms with van der Waals surface area (Å²) < 4.78 is 5.31. The SMILES string of the molecule is Cc1nsc(/N=N/c2c(NC(=O)C(C)O)nn3nc(C)[nH]c23)n1. The number of nitrogens with zero attached hydrogens (tertiary/aromatic N) is 7. The highest BCUT2D eigenvalue weighted by Gasteiger charge is 2.19. The lowest BCUT2D eigenvalue weighted by Gasteiger charge is -2.03. The van der Waals surface area contributed by atoms with Gasteiger partial charge in [-0.1, -0.05) is 0 Å². The third-order valence-corrected chi connectivity index (χ3v) is 3.45. The smallest absolute Gasteiger partial charge is 0.254 e. The first-order valence-electron chi connectivity index (χ1n) is 6.60. The lowest BCUT2D eigenvalue weighted by molar-refractivity contribution is -0.123. The zero-order chi connectivity index (χ0) is 16.6. The van der Waals surface area contributed by atoms with Crippen molar-refractivity contribution in [1.82, 2.24) is 29.2 Å². The molecule has 23 heavy (non-hydrogen) atoms. The quantitative estimate of drug-likeness (QED) is 0.612. The standard InChI is InChI=1S/C11H13N9O2S/c1-4(21)10(22)14-8-7(9-12-5(2)17-20(9)18-8)15-16-11-13-6(3)19-23-11/h4,21H,1-3H3,(H,12,17)(H,14,18,22)/b16-15+. The summed E-state index contributed by atoms with van der Waals surface area (Å²) in [6.45, 7) is 4.86. The molecule has 0 aliphatic rings. The van der Waals surface area contributed by atoms with E-state index < -0.39 is 12.0 Å². The highest BCUT2D eigenvalue weighted by Crippen LogP contribution is 2.30. The summed E-state index contributed by atoms with van der Waals surface area (Å²) in [5, 5.41) is 28.5. The van der Waals surface area contributed by atoms with Crippen LogP contribution in [0.5, 0.6) is 0 Å². The van der Waals surface area contributed by atoms with E-state index in [1.165, 1.54) is 11.6 Å². The molecule has 1 atom stereocenters. The Labute approximate surface area is 133 Å². The predicted octanol–water partition coefficient (Wildman–Crippen LogP) is 1.26.